The van der Waals surface area contributed by atoms with Crippen molar-refractivity contribution >= 4 is 17.7 Å². The fourth-order valence-corrected chi connectivity index (χ4v) is 3.55. The fraction of sp³-hybridized carbons (Fsp3) is 0.650. The number of rotatable bonds is 5. The maximum absolute atomic E-state index is 14.6. The lowest BCUT2D eigenvalue weighted by Gasteiger charge is -2.33. The molecule has 2 fully saturated rings. The summed E-state index contributed by atoms with van der Waals surface area (Å²) in [6, 6.07) is 1.06. The van der Waals surface area contributed by atoms with E-state index in [-0.39, 0.29) is 56.1 Å². The van der Waals surface area contributed by atoms with Crippen LogP contribution in [0.4, 0.5) is 32.2 Å². The van der Waals surface area contributed by atoms with Crippen LogP contribution in [-0.2, 0) is 16.1 Å². The van der Waals surface area contributed by atoms with Gasteiger partial charge >= 0.3 is 12.1 Å². The smallest absolute Gasteiger partial charge is 0.481 e. The first-order chi connectivity index (χ1) is 15.7. The molecule has 0 unspecified atom stereocenters. The third-order valence-corrected chi connectivity index (χ3v) is 5.37. The van der Waals surface area contributed by atoms with Crippen LogP contribution in [0.3, 0.4) is 0 Å². The molecule has 0 saturated carbocycles. The summed E-state index contributed by atoms with van der Waals surface area (Å²) in [5, 5.41) is 10.3. The number of likely N-dealkylation sites (N-methyl/N-ethyl adjacent to an activating group) is 1. The van der Waals surface area contributed by atoms with Crippen LogP contribution < -0.4 is 15.0 Å². The van der Waals surface area contributed by atoms with E-state index in [1.165, 1.54) is 23.0 Å². The lowest BCUT2D eigenvalue weighted by molar-refractivity contribution is -0.192. The molecule has 0 radical (unpaired) electrons. The van der Waals surface area contributed by atoms with E-state index >= 15 is 0 Å². The van der Waals surface area contributed by atoms with Gasteiger partial charge in [0.05, 0.1) is 19.7 Å². The number of carboxylic acid groups (broad SMARTS) is 1. The number of hydrogen-bond donors (Lipinski definition) is 2. The van der Waals surface area contributed by atoms with Crippen LogP contribution in [0.1, 0.15) is 31.2 Å². The number of pyridine rings is 1. The number of alkyl halides is 5. The van der Waals surface area contributed by atoms with E-state index in [0.717, 1.165) is 19.4 Å². The van der Waals surface area contributed by atoms with Crippen LogP contribution in [0.2, 0.25) is 0 Å². The number of nitrogens with one attached hydrogen (secondary N) is 1. The molecule has 3 heterocycles. The molecule has 1 atom stereocenters. The first-order valence-corrected chi connectivity index (χ1v) is 10.4. The molecule has 0 aromatic carbocycles. The monoisotopic (exact) mass is 500 g/mol. The Kier molecular flexibility index (Phi) is 8.97. The fourth-order valence-electron chi connectivity index (χ4n) is 3.55. The Hall–Kier alpha value is -2.77. The second-order valence-corrected chi connectivity index (χ2v) is 7.95. The third-order valence-electron chi connectivity index (χ3n) is 5.37. The largest absolute Gasteiger partial charge is 0.490 e. The number of aromatic nitrogens is 1. The highest BCUT2D eigenvalue weighted by molar-refractivity contribution is 5.82. The van der Waals surface area contributed by atoms with E-state index in [1.54, 1.807) is 7.05 Å². The highest BCUT2D eigenvalue weighted by Gasteiger charge is 2.38. The molecule has 2 N–H and O–H groups in total. The number of carbonyl (C=O) groups excluding carboxylic acids is 1. The molecule has 3 rings (SSSR count). The van der Waals surface area contributed by atoms with E-state index < -0.39 is 23.9 Å². The van der Waals surface area contributed by atoms with Gasteiger partial charge in [0, 0.05) is 38.5 Å². The van der Waals surface area contributed by atoms with Crippen LogP contribution >= 0.6 is 0 Å². The molecule has 192 valence electrons. The summed E-state index contributed by atoms with van der Waals surface area (Å²) in [5.41, 5.74) is 0.440. The van der Waals surface area contributed by atoms with Gasteiger partial charge in [-0.3, -0.25) is 4.79 Å². The van der Waals surface area contributed by atoms with Crippen LogP contribution in [0.25, 0.3) is 0 Å². The van der Waals surface area contributed by atoms with Crippen molar-refractivity contribution in [3.05, 3.63) is 17.4 Å². The normalized spacial score (nSPS) is 19.8. The molecule has 1 aromatic heterocycles. The summed E-state index contributed by atoms with van der Waals surface area (Å²) in [7, 11) is 3.07. The van der Waals surface area contributed by atoms with Gasteiger partial charge in [0.25, 0.3) is 5.92 Å². The molecule has 14 heteroatoms. The van der Waals surface area contributed by atoms with Crippen LogP contribution in [0.15, 0.2) is 6.07 Å². The molecule has 2 aliphatic heterocycles. The van der Waals surface area contributed by atoms with Crippen LogP contribution in [0.5, 0.6) is 5.88 Å². The molecule has 8 nitrogen and oxygen atoms in total. The molecule has 2 saturated heterocycles. The number of anilines is 1. The highest BCUT2D eigenvalue weighted by atomic mass is 19.4. The van der Waals surface area contributed by atoms with E-state index in [9.17, 15) is 31.1 Å². The molecule has 1 amide bonds. The van der Waals surface area contributed by atoms with E-state index in [0.29, 0.717) is 5.56 Å². The van der Waals surface area contributed by atoms with Crippen LogP contribution in [-0.4, -0.2) is 78.8 Å². The first-order valence-electron chi connectivity index (χ1n) is 10.4. The van der Waals surface area contributed by atoms with Gasteiger partial charge in [0.15, 0.2) is 11.6 Å². The predicted octanol–water partition coefficient (Wildman–Crippen LogP) is 2.81. The number of aliphatic carboxylic acids is 1. The molecule has 0 aliphatic carbocycles. The zero-order valence-electron chi connectivity index (χ0n) is 18.6. The SMILES string of the molecule is COc1nc(N2CCC(F)(F)CC2)c(F)cc1CN(C)C(=O)[C@@H]1CCCN1.O=C(O)C(F)(F)F. The maximum atomic E-state index is 14.6. The van der Waals surface area contributed by atoms with Gasteiger partial charge in [0.1, 0.15) is 0 Å². The summed E-state index contributed by atoms with van der Waals surface area (Å²) < 4.78 is 78.3. The molecule has 34 heavy (non-hydrogen) atoms. The van der Waals surface area contributed by atoms with Gasteiger partial charge in [-0.25, -0.2) is 18.0 Å². The summed E-state index contributed by atoms with van der Waals surface area (Å²) in [6.45, 7) is 1.03. The number of amides is 1. The number of halogens is 6. The highest BCUT2D eigenvalue weighted by Crippen LogP contribution is 2.32. The van der Waals surface area contributed by atoms with Gasteiger partial charge in [-0.2, -0.15) is 18.2 Å². The Labute approximate surface area is 191 Å². The van der Waals surface area contributed by atoms with Crippen LogP contribution in [0, 0.1) is 5.82 Å². The van der Waals surface area contributed by atoms with Crippen molar-refractivity contribution in [2.75, 3.05) is 38.7 Å². The lowest BCUT2D eigenvalue weighted by Crippen LogP contribution is -2.41. The summed E-state index contributed by atoms with van der Waals surface area (Å²) in [6.07, 6.45) is -4.01. The van der Waals surface area contributed by atoms with Crippen molar-refractivity contribution in [1.82, 2.24) is 15.2 Å². The van der Waals surface area contributed by atoms with Crippen molar-refractivity contribution in [1.29, 1.82) is 0 Å². The average molecular weight is 500 g/mol. The number of carboxylic acids is 1. The second kappa shape index (κ2) is 11.1. The van der Waals surface area contributed by atoms with E-state index in [1.807, 2.05) is 0 Å². The standard InChI is InChI=1S/C18H25F3N4O2.C2HF3O2/c1-24(17(26)14-4-3-7-22-14)11-12-10-13(19)15(23-16(12)27-2)25-8-5-18(20,21)6-9-25;3-2(4,5)1(6)7/h10,14,22H,3-9,11H2,1-2H3;(H,6,7)/t14-;/m0./s1. The zero-order chi connectivity index (χ0) is 25.7. The molecular formula is C20H26F6N4O4. The van der Waals surface area contributed by atoms with Gasteiger partial charge in [-0.15, -0.1) is 0 Å². The van der Waals surface area contributed by atoms with Crippen molar-refractivity contribution in [3.8, 4) is 5.88 Å². The number of carbonyl (C=O) groups is 2. The summed E-state index contributed by atoms with van der Waals surface area (Å²) in [5.74, 6) is -5.92. The van der Waals surface area contributed by atoms with Crippen molar-refractivity contribution in [2.45, 2.75) is 50.4 Å². The Bertz CT molecular complexity index is 867. The minimum Gasteiger partial charge on any atom is -0.481 e. The number of piperidine rings is 1. The number of nitrogens with zero attached hydrogens (tertiary/aromatic N) is 3. The van der Waals surface area contributed by atoms with E-state index in [4.69, 9.17) is 14.6 Å². The summed E-state index contributed by atoms with van der Waals surface area (Å²) in [4.78, 5) is 28.6. The third kappa shape index (κ3) is 7.37. The second-order valence-electron chi connectivity index (χ2n) is 7.95. The Balaban J connectivity index is 0.000000509. The predicted molar refractivity (Wildman–Crippen MR) is 108 cm³/mol. The average Bonchev–Trinajstić information content (AvgIpc) is 3.28. The molecular weight excluding hydrogens is 474 g/mol. The number of methoxy groups -OCH3 is 1. The van der Waals surface area contributed by atoms with Crippen molar-refractivity contribution in [3.63, 3.8) is 0 Å². The van der Waals surface area contributed by atoms with E-state index in [2.05, 4.69) is 10.3 Å². The van der Waals surface area contributed by atoms with Gasteiger partial charge in [-0.1, -0.05) is 0 Å². The molecule has 0 spiro atoms. The Morgan fingerprint density at radius 2 is 1.91 bits per heavy atom. The van der Waals surface area contributed by atoms with Gasteiger partial charge in [-0.05, 0) is 25.5 Å². The number of ether oxygens (including phenoxy) is 1. The first kappa shape index (κ1) is 27.5. The summed E-state index contributed by atoms with van der Waals surface area (Å²) >= 11 is 0. The van der Waals surface area contributed by atoms with Crippen molar-refractivity contribution in [2.24, 2.45) is 0 Å². The Morgan fingerprint density at radius 3 is 2.38 bits per heavy atom. The topological polar surface area (TPSA) is 95.0 Å². The lowest BCUT2D eigenvalue weighted by atomic mass is 10.1. The molecule has 0 bridgehead atoms. The minimum absolute atomic E-state index is 0.0116. The zero-order valence-corrected chi connectivity index (χ0v) is 18.6. The molecule has 1 aromatic rings. The maximum Gasteiger partial charge on any atom is 0.490 e. The Morgan fingerprint density at radius 1 is 1.32 bits per heavy atom. The van der Waals surface area contributed by atoms with Crippen molar-refractivity contribution < 1.29 is 45.8 Å². The quantitative estimate of drug-likeness (QED) is 0.601. The van der Waals surface area contributed by atoms with Gasteiger partial charge in [0.2, 0.25) is 11.8 Å². The van der Waals surface area contributed by atoms with Gasteiger partial charge < -0.3 is 25.0 Å². The minimum atomic E-state index is -5.08. The number of hydrogen-bond acceptors (Lipinski definition) is 6. The molecule has 2 aliphatic rings.